The van der Waals surface area contributed by atoms with Crippen molar-refractivity contribution >= 4 is 11.7 Å². The van der Waals surface area contributed by atoms with Gasteiger partial charge in [-0.05, 0) is 12.5 Å². The maximum atomic E-state index is 11.6. The van der Waals surface area contributed by atoms with Gasteiger partial charge in [-0.1, -0.05) is 6.92 Å². The molecule has 0 aliphatic heterocycles. The van der Waals surface area contributed by atoms with Crippen LogP contribution in [0.1, 0.15) is 12.5 Å². The first-order valence-corrected chi connectivity index (χ1v) is 4.59. The van der Waals surface area contributed by atoms with Crippen LogP contribution in [0.5, 0.6) is 0 Å². The van der Waals surface area contributed by atoms with E-state index < -0.39 is 11.9 Å². The molecule has 0 bridgehead atoms. The Hall–Kier alpha value is -1.78. The molecule has 15 heavy (non-hydrogen) atoms. The summed E-state index contributed by atoms with van der Waals surface area (Å²) < 4.78 is 1.36. The molecule has 1 unspecified atom stereocenters. The molecule has 5 nitrogen and oxygen atoms in total. The molecule has 0 aliphatic rings. The molecular weight excluding hydrogens is 196 g/mol. The Morgan fingerprint density at radius 1 is 1.67 bits per heavy atom. The third-order valence-electron chi connectivity index (χ3n) is 2.23. The number of hydrogen-bond donors (Lipinski definition) is 2. The van der Waals surface area contributed by atoms with Crippen LogP contribution < -0.4 is 11.3 Å². The van der Waals surface area contributed by atoms with E-state index in [9.17, 15) is 9.59 Å². The van der Waals surface area contributed by atoms with Crippen molar-refractivity contribution in [2.75, 3.05) is 5.73 Å². The zero-order chi connectivity index (χ0) is 11.6. The van der Waals surface area contributed by atoms with Crippen LogP contribution in [-0.4, -0.2) is 15.6 Å². The van der Waals surface area contributed by atoms with Crippen molar-refractivity contribution in [3.05, 3.63) is 28.2 Å². The molecule has 5 heteroatoms. The van der Waals surface area contributed by atoms with Crippen LogP contribution >= 0.6 is 0 Å². The number of nitrogens with zero attached hydrogens (tertiary/aromatic N) is 1. The van der Waals surface area contributed by atoms with Crippen LogP contribution in [0.25, 0.3) is 0 Å². The summed E-state index contributed by atoms with van der Waals surface area (Å²) in [7, 11) is 1.59. The molecule has 0 saturated carbocycles. The van der Waals surface area contributed by atoms with Gasteiger partial charge in [0, 0.05) is 24.5 Å². The Labute approximate surface area is 87.1 Å². The third-order valence-corrected chi connectivity index (χ3v) is 2.23. The molecule has 82 valence electrons. The maximum absolute atomic E-state index is 11.6. The summed E-state index contributed by atoms with van der Waals surface area (Å²) in [5.41, 5.74) is 6.28. The van der Waals surface area contributed by atoms with E-state index in [1.807, 2.05) is 0 Å². The number of nitrogen functional groups attached to an aromatic ring is 1. The topological polar surface area (TPSA) is 85.3 Å². The van der Waals surface area contributed by atoms with E-state index in [2.05, 4.69) is 0 Å². The zero-order valence-electron chi connectivity index (χ0n) is 8.73. The van der Waals surface area contributed by atoms with E-state index >= 15 is 0 Å². The number of carbonyl (C=O) groups is 1. The van der Waals surface area contributed by atoms with Gasteiger partial charge in [0.05, 0.1) is 5.92 Å². The lowest BCUT2D eigenvalue weighted by molar-refractivity contribution is -0.141. The molecule has 1 heterocycles. The van der Waals surface area contributed by atoms with Crippen molar-refractivity contribution in [1.29, 1.82) is 0 Å². The van der Waals surface area contributed by atoms with Crippen molar-refractivity contribution in [3.63, 3.8) is 0 Å². The summed E-state index contributed by atoms with van der Waals surface area (Å²) in [6, 6.07) is 1.53. The monoisotopic (exact) mass is 210 g/mol. The summed E-state index contributed by atoms with van der Waals surface area (Å²) in [4.78, 5) is 22.2. The number of aliphatic carboxylic acids is 1. The van der Waals surface area contributed by atoms with Crippen LogP contribution in [-0.2, 0) is 18.3 Å². The Kier molecular flexibility index (Phi) is 3.14. The number of aryl methyl sites for hydroxylation is 1. The number of aromatic nitrogens is 1. The predicted octanol–water partition coefficient (Wildman–Crippen LogP) is 0.231. The molecule has 0 amide bonds. The number of carboxylic acids is 1. The molecule has 1 atom stereocenters. The molecule has 0 aromatic carbocycles. The van der Waals surface area contributed by atoms with E-state index in [0.717, 1.165) is 0 Å². The van der Waals surface area contributed by atoms with E-state index in [-0.39, 0.29) is 12.0 Å². The van der Waals surface area contributed by atoms with Crippen molar-refractivity contribution < 1.29 is 9.90 Å². The second-order valence-electron chi connectivity index (χ2n) is 3.66. The summed E-state index contributed by atoms with van der Waals surface area (Å²) >= 11 is 0. The SMILES string of the molecule is CC(Cc1cc(N)cn(C)c1=O)C(=O)O. The van der Waals surface area contributed by atoms with Gasteiger partial charge in [0.15, 0.2) is 0 Å². The fourth-order valence-electron chi connectivity index (χ4n) is 1.37. The predicted molar refractivity (Wildman–Crippen MR) is 56.6 cm³/mol. The van der Waals surface area contributed by atoms with Gasteiger partial charge in [0.2, 0.25) is 0 Å². The first kappa shape index (κ1) is 11.3. The number of nitrogens with two attached hydrogens (primary N) is 1. The van der Waals surface area contributed by atoms with Crippen molar-refractivity contribution in [2.45, 2.75) is 13.3 Å². The highest BCUT2D eigenvalue weighted by molar-refractivity contribution is 5.69. The van der Waals surface area contributed by atoms with Gasteiger partial charge < -0.3 is 15.4 Å². The summed E-state index contributed by atoms with van der Waals surface area (Å²) in [6.45, 7) is 1.56. The Bertz CT molecular complexity index is 437. The summed E-state index contributed by atoms with van der Waals surface area (Å²) in [6.07, 6.45) is 1.71. The Balaban J connectivity index is 3.05. The van der Waals surface area contributed by atoms with Crippen LogP contribution in [0.4, 0.5) is 5.69 Å². The molecule has 1 aromatic heterocycles. The number of rotatable bonds is 3. The summed E-state index contributed by atoms with van der Waals surface area (Å²) in [5, 5.41) is 8.73. The second-order valence-corrected chi connectivity index (χ2v) is 3.66. The van der Waals surface area contributed by atoms with Gasteiger partial charge in [-0.15, -0.1) is 0 Å². The lowest BCUT2D eigenvalue weighted by atomic mass is 10.0. The average Bonchev–Trinajstić information content (AvgIpc) is 2.13. The molecular formula is C10H14N2O3. The van der Waals surface area contributed by atoms with Crippen molar-refractivity contribution in [2.24, 2.45) is 13.0 Å². The highest BCUT2D eigenvalue weighted by Gasteiger charge is 2.14. The highest BCUT2D eigenvalue weighted by Crippen LogP contribution is 2.08. The first-order chi connectivity index (χ1) is 6.91. The lowest BCUT2D eigenvalue weighted by Crippen LogP contribution is -2.24. The van der Waals surface area contributed by atoms with Gasteiger partial charge >= 0.3 is 5.97 Å². The van der Waals surface area contributed by atoms with E-state index in [1.165, 1.54) is 16.8 Å². The van der Waals surface area contributed by atoms with Crippen LogP contribution in [0.15, 0.2) is 17.1 Å². The molecule has 1 aromatic rings. The van der Waals surface area contributed by atoms with E-state index in [1.54, 1.807) is 14.0 Å². The molecule has 0 spiro atoms. The third kappa shape index (κ3) is 2.59. The van der Waals surface area contributed by atoms with Crippen LogP contribution in [0.2, 0.25) is 0 Å². The summed E-state index contributed by atoms with van der Waals surface area (Å²) in [5.74, 6) is -1.50. The van der Waals surface area contributed by atoms with Gasteiger partial charge in [-0.2, -0.15) is 0 Å². The van der Waals surface area contributed by atoms with E-state index in [0.29, 0.717) is 11.3 Å². The largest absolute Gasteiger partial charge is 0.481 e. The Morgan fingerprint density at radius 2 is 2.27 bits per heavy atom. The van der Waals surface area contributed by atoms with Crippen molar-refractivity contribution in [3.8, 4) is 0 Å². The fourth-order valence-corrected chi connectivity index (χ4v) is 1.37. The van der Waals surface area contributed by atoms with Gasteiger partial charge in [-0.3, -0.25) is 9.59 Å². The normalized spacial score (nSPS) is 12.4. The standard InChI is InChI=1S/C10H14N2O3/c1-6(10(14)15)3-7-4-8(11)5-12(2)9(7)13/h4-6H,3,11H2,1-2H3,(H,14,15). The molecule has 0 saturated heterocycles. The van der Waals surface area contributed by atoms with E-state index in [4.69, 9.17) is 10.8 Å². The molecule has 0 fully saturated rings. The molecule has 0 aliphatic carbocycles. The number of carboxylic acid groups (broad SMARTS) is 1. The van der Waals surface area contributed by atoms with Crippen LogP contribution in [0.3, 0.4) is 0 Å². The second kappa shape index (κ2) is 4.16. The molecule has 0 radical (unpaired) electrons. The van der Waals surface area contributed by atoms with Crippen LogP contribution in [0, 0.1) is 5.92 Å². The number of anilines is 1. The highest BCUT2D eigenvalue weighted by atomic mass is 16.4. The Morgan fingerprint density at radius 3 is 2.80 bits per heavy atom. The number of hydrogen-bond acceptors (Lipinski definition) is 3. The minimum Gasteiger partial charge on any atom is -0.481 e. The maximum Gasteiger partial charge on any atom is 0.306 e. The minimum atomic E-state index is -0.917. The molecule has 1 rings (SSSR count). The zero-order valence-corrected chi connectivity index (χ0v) is 8.73. The fraction of sp³-hybridized carbons (Fsp3) is 0.400. The van der Waals surface area contributed by atoms with Gasteiger partial charge in [0.1, 0.15) is 0 Å². The molecule has 3 N–H and O–H groups in total. The lowest BCUT2D eigenvalue weighted by Gasteiger charge is -2.08. The van der Waals surface area contributed by atoms with Gasteiger partial charge in [0.25, 0.3) is 5.56 Å². The minimum absolute atomic E-state index is 0.197. The van der Waals surface area contributed by atoms with Gasteiger partial charge in [-0.25, -0.2) is 0 Å². The number of pyridine rings is 1. The first-order valence-electron chi connectivity index (χ1n) is 4.59. The quantitative estimate of drug-likeness (QED) is 0.747. The smallest absolute Gasteiger partial charge is 0.306 e. The van der Waals surface area contributed by atoms with Crippen molar-refractivity contribution in [1.82, 2.24) is 4.57 Å². The average molecular weight is 210 g/mol.